The predicted molar refractivity (Wildman–Crippen MR) is 120 cm³/mol. The molecule has 0 bridgehead atoms. The Balaban J connectivity index is -0.000000447. The third-order valence-corrected chi connectivity index (χ3v) is 3.29. The van der Waals surface area contributed by atoms with Crippen molar-refractivity contribution < 1.29 is 59.6 Å². The van der Waals surface area contributed by atoms with Crippen molar-refractivity contribution in [1.82, 2.24) is 19.9 Å². The van der Waals surface area contributed by atoms with Crippen LogP contribution in [0.5, 0.6) is 0 Å². The summed E-state index contributed by atoms with van der Waals surface area (Å²) in [7, 11) is -10.7. The molecule has 15 heteroatoms. The zero-order valence-electron chi connectivity index (χ0n) is 18.8. The van der Waals surface area contributed by atoms with Gasteiger partial charge in [0.1, 0.15) is 0 Å². The summed E-state index contributed by atoms with van der Waals surface area (Å²) in [5, 5.41) is 0. The van der Waals surface area contributed by atoms with Crippen molar-refractivity contribution in [2.24, 2.45) is 0 Å². The van der Waals surface area contributed by atoms with Crippen LogP contribution >= 0.6 is 7.81 Å². The maximum Gasteiger partial charge on any atom is 0.0886 e. The fourth-order valence-corrected chi connectivity index (χ4v) is 2.12. The Morgan fingerprint density at radius 2 is 0.737 bits per heavy atom. The van der Waals surface area contributed by atoms with Gasteiger partial charge in [-0.25, -0.2) is 0 Å². The smallest absolute Gasteiger partial charge is 0.0886 e. The van der Waals surface area contributed by atoms with E-state index < -0.39 is 7.81 Å². The van der Waals surface area contributed by atoms with E-state index in [1.807, 2.05) is 60.7 Å². The average Bonchev–Trinajstić information content (AvgIpc) is 2.93. The number of aromatic nitrogens is 4. The van der Waals surface area contributed by atoms with Gasteiger partial charge in [0.05, 0.1) is 11.4 Å². The van der Waals surface area contributed by atoms with E-state index in [1.54, 1.807) is 37.2 Å². The number of halogens is 6. The summed E-state index contributed by atoms with van der Waals surface area (Å²) in [6, 6.07) is 19.5. The predicted octanol–water partition coefficient (Wildman–Crippen LogP) is 7.55. The van der Waals surface area contributed by atoms with Gasteiger partial charge in [0.15, 0.2) is 0 Å². The second kappa shape index (κ2) is 18.7. The Kier molecular flexibility index (Phi) is 19.2. The number of hydrogen-bond acceptors (Lipinski definition) is 4. The molecule has 4 rings (SSSR count). The Morgan fingerprint density at radius 1 is 0.474 bits per heavy atom. The van der Waals surface area contributed by atoms with Crippen molar-refractivity contribution in [3.05, 3.63) is 118 Å². The summed E-state index contributed by atoms with van der Waals surface area (Å²) in [5.74, 6) is 0. The minimum absolute atomic E-state index is 0. The number of hydrogen-bond donors (Lipinski definition) is 0. The molecular weight excluding hydrogens is 711 g/mol. The largest absolute Gasteiger partial charge is 0.265 e. The third kappa shape index (κ3) is 24.2. The van der Waals surface area contributed by atoms with E-state index in [9.17, 15) is 25.2 Å². The quantitative estimate of drug-likeness (QED) is 0.0919. The molecule has 1 radical (unpaired) electrons. The van der Waals surface area contributed by atoms with E-state index >= 15 is 0 Å². The van der Waals surface area contributed by atoms with Crippen molar-refractivity contribution >= 4 is 7.81 Å². The van der Waals surface area contributed by atoms with Gasteiger partial charge in [-0.05, 0) is 59.7 Å². The van der Waals surface area contributed by atoms with E-state index in [1.165, 1.54) is 11.1 Å². The molecule has 201 valence electrons. The Bertz CT molecular complexity index is 1030. The van der Waals surface area contributed by atoms with Crippen molar-refractivity contribution in [2.45, 2.75) is 0 Å². The number of rotatable bonds is 2. The van der Waals surface area contributed by atoms with Gasteiger partial charge in [-0.2, -0.15) is 0 Å². The molecule has 0 saturated heterocycles. The van der Waals surface area contributed by atoms with Crippen LogP contribution in [0.2, 0.25) is 0 Å². The molecule has 7 nitrogen and oxygen atoms in total. The Labute approximate surface area is 227 Å². The molecule has 0 atom stereocenters. The van der Waals surface area contributed by atoms with Gasteiger partial charge in [-0.15, -0.1) is 0 Å². The minimum Gasteiger partial charge on any atom is -0.265 e. The van der Waals surface area contributed by atoms with Crippen molar-refractivity contribution in [3.8, 4) is 22.5 Å². The molecule has 4 aromatic heterocycles. The SMILES string of the molecule is F[P-](F)(F)(F)(F)F.[C-]#[O+].[C-]#[O+].[C-]#[O+].[Re].c1cc(-c2ccncc2)ccn1.c1ccc(-c2ccccn2)nc1. The van der Waals surface area contributed by atoms with Crippen molar-refractivity contribution in [1.29, 1.82) is 0 Å². The van der Waals surface area contributed by atoms with Crippen molar-refractivity contribution in [3.63, 3.8) is 0 Å². The van der Waals surface area contributed by atoms with Crippen LogP contribution in [-0.2, 0) is 34.4 Å². The molecule has 4 heterocycles. The van der Waals surface area contributed by atoms with Crippen LogP contribution in [0.4, 0.5) is 25.2 Å². The zero-order valence-corrected chi connectivity index (χ0v) is 22.5. The van der Waals surface area contributed by atoms with E-state index in [-0.39, 0.29) is 20.4 Å². The van der Waals surface area contributed by atoms with Gasteiger partial charge in [-0.3, -0.25) is 19.9 Å². The van der Waals surface area contributed by atoms with E-state index in [0.29, 0.717) is 0 Å². The zero-order chi connectivity index (χ0) is 28.9. The molecule has 4 aromatic rings. The van der Waals surface area contributed by atoms with Gasteiger partial charge >= 0.3 is 66.9 Å². The molecule has 0 N–H and O–H groups in total. The fourth-order valence-electron chi connectivity index (χ4n) is 2.12. The van der Waals surface area contributed by atoms with E-state index in [4.69, 9.17) is 14.0 Å². The minimum atomic E-state index is -10.7. The summed E-state index contributed by atoms with van der Waals surface area (Å²) in [6.07, 6.45) is 10.7. The fraction of sp³-hybridized carbons (Fsp3) is 0. The second-order valence-corrected chi connectivity index (χ2v) is 7.78. The van der Waals surface area contributed by atoms with Crippen LogP contribution in [0.3, 0.4) is 0 Å². The maximum atomic E-state index is 9.87. The third-order valence-electron chi connectivity index (χ3n) is 3.29. The first-order chi connectivity index (χ1) is 17.4. The molecule has 38 heavy (non-hydrogen) atoms. The molecule has 0 fully saturated rings. The molecule has 0 aliphatic rings. The van der Waals surface area contributed by atoms with Crippen LogP contribution in [0.1, 0.15) is 0 Å². The molecule has 0 spiro atoms. The van der Waals surface area contributed by atoms with Gasteiger partial charge < -0.3 is 0 Å². The molecule has 0 unspecified atom stereocenters. The summed E-state index contributed by atoms with van der Waals surface area (Å²) < 4.78 is 81.7. The molecule has 0 aliphatic carbocycles. The van der Waals surface area contributed by atoms with E-state index in [2.05, 4.69) is 39.9 Å². The first-order valence-corrected chi connectivity index (χ1v) is 11.2. The normalized spacial score (nSPS) is 10.5. The summed E-state index contributed by atoms with van der Waals surface area (Å²) in [6.45, 7) is 13.5. The van der Waals surface area contributed by atoms with Crippen LogP contribution in [-0.4, -0.2) is 19.9 Å². The monoisotopic (exact) mass is 728 g/mol. The van der Waals surface area contributed by atoms with E-state index in [0.717, 1.165) is 11.4 Å². The van der Waals surface area contributed by atoms with Crippen molar-refractivity contribution in [2.75, 3.05) is 0 Å². The van der Waals surface area contributed by atoms with Crippen LogP contribution in [0, 0.1) is 20.0 Å². The molecule has 0 saturated carbocycles. The summed E-state index contributed by atoms with van der Waals surface area (Å²) in [4.78, 5) is 16.3. The van der Waals surface area contributed by atoms with Gasteiger partial charge in [0.2, 0.25) is 0 Å². The molecular formula is C23H16F6N4O3PRe-. The van der Waals surface area contributed by atoms with Gasteiger partial charge in [-0.1, -0.05) is 12.1 Å². The summed E-state index contributed by atoms with van der Waals surface area (Å²) >= 11 is 0. The standard InChI is InChI=1S/2C10H8N2.3CO.F6P.Re/c1-5-11-6-2-9(1)10-3-7-12-8-4-10;1-3-7-11-9(5-1)10-6-2-4-8-12-10;3*1-2;1-7(2,3,4,5)6;/h2*1-8H;;;;;/q;;;;;-1;. The topological polar surface area (TPSA) is 111 Å². The first-order valence-electron chi connectivity index (χ1n) is 9.19. The maximum absolute atomic E-state index is 10.7. The Hall–Kier alpha value is -3.51. The van der Waals surface area contributed by atoms with Crippen LogP contribution in [0.25, 0.3) is 22.5 Å². The van der Waals surface area contributed by atoms with Crippen LogP contribution in [0.15, 0.2) is 97.8 Å². The van der Waals surface area contributed by atoms with Gasteiger partial charge in [0, 0.05) is 57.6 Å². The molecule has 0 aliphatic heterocycles. The second-order valence-electron chi connectivity index (χ2n) is 5.86. The molecule has 0 amide bonds. The average molecular weight is 728 g/mol. The Morgan fingerprint density at radius 3 is 0.947 bits per heavy atom. The summed E-state index contributed by atoms with van der Waals surface area (Å²) in [5.41, 5.74) is 4.18. The van der Waals surface area contributed by atoms with Crippen LogP contribution < -0.4 is 0 Å². The molecule has 0 aromatic carbocycles. The first kappa shape index (κ1) is 39.0. The number of pyridine rings is 4. The number of nitrogens with zero attached hydrogens (tertiary/aromatic N) is 4. The van der Waals surface area contributed by atoms with Gasteiger partial charge in [0.25, 0.3) is 0 Å².